The summed E-state index contributed by atoms with van der Waals surface area (Å²) in [5.41, 5.74) is 1.17. The molecule has 3 aliphatic heterocycles. The summed E-state index contributed by atoms with van der Waals surface area (Å²) in [4.78, 5) is 2.43. The predicted octanol–water partition coefficient (Wildman–Crippen LogP) is 2.85. The fourth-order valence-electron chi connectivity index (χ4n) is 3.81. The van der Waals surface area contributed by atoms with E-state index in [1.807, 2.05) is 13.0 Å². The molecule has 0 aromatic heterocycles. The molecule has 1 aromatic rings. The van der Waals surface area contributed by atoms with Crippen LogP contribution in [-0.4, -0.2) is 49.0 Å². The third-order valence-electron chi connectivity index (χ3n) is 4.94. The number of rotatable bonds is 5. The first-order valence-electron chi connectivity index (χ1n) is 8.05. The number of benzene rings is 1. The van der Waals surface area contributed by atoms with Crippen molar-refractivity contribution in [2.45, 2.75) is 38.3 Å². The second kappa shape index (κ2) is 6.77. The highest BCUT2D eigenvalue weighted by atomic mass is 79.9. The quantitative estimate of drug-likeness (QED) is 0.866. The molecule has 3 fully saturated rings. The molecule has 1 aromatic carbocycles. The molecule has 2 bridgehead atoms. The van der Waals surface area contributed by atoms with E-state index in [-0.39, 0.29) is 12.1 Å². The van der Waals surface area contributed by atoms with Crippen molar-refractivity contribution in [1.82, 2.24) is 4.90 Å². The highest BCUT2D eigenvalue weighted by molar-refractivity contribution is 9.10. The number of methoxy groups -OCH3 is 1. The van der Waals surface area contributed by atoms with Gasteiger partial charge in [0.1, 0.15) is 0 Å². The Hall–Kier alpha value is -0.780. The standard InChI is InChI=1S/C17H24BrNO3/c1-3-22-15-10-11(8-13(18)17(15)21-2)9-14-16(20)12-4-6-19(14)7-5-12/h8,10,12,14,16,20H,3-7,9H2,1-2H3. The van der Waals surface area contributed by atoms with Crippen LogP contribution in [0.3, 0.4) is 0 Å². The Morgan fingerprint density at radius 3 is 2.64 bits per heavy atom. The molecule has 0 spiro atoms. The Morgan fingerprint density at radius 2 is 2.05 bits per heavy atom. The molecule has 1 N–H and O–H groups in total. The van der Waals surface area contributed by atoms with Crippen molar-refractivity contribution in [2.24, 2.45) is 5.92 Å². The lowest BCUT2D eigenvalue weighted by Gasteiger charge is -2.49. The van der Waals surface area contributed by atoms with Crippen molar-refractivity contribution >= 4 is 15.9 Å². The van der Waals surface area contributed by atoms with E-state index < -0.39 is 0 Å². The van der Waals surface area contributed by atoms with Crippen molar-refractivity contribution in [1.29, 1.82) is 0 Å². The molecule has 0 aliphatic carbocycles. The van der Waals surface area contributed by atoms with Gasteiger partial charge in [0.2, 0.25) is 0 Å². The summed E-state index contributed by atoms with van der Waals surface area (Å²) in [6.07, 6.45) is 2.90. The van der Waals surface area contributed by atoms with E-state index in [0.29, 0.717) is 12.5 Å². The zero-order chi connectivity index (χ0) is 15.7. The van der Waals surface area contributed by atoms with E-state index in [1.54, 1.807) is 7.11 Å². The average Bonchev–Trinajstić information content (AvgIpc) is 2.51. The van der Waals surface area contributed by atoms with Crippen LogP contribution < -0.4 is 9.47 Å². The Morgan fingerprint density at radius 1 is 1.32 bits per heavy atom. The molecule has 0 radical (unpaired) electrons. The van der Waals surface area contributed by atoms with E-state index in [2.05, 4.69) is 26.9 Å². The van der Waals surface area contributed by atoms with Gasteiger partial charge in [0.15, 0.2) is 11.5 Å². The van der Waals surface area contributed by atoms with E-state index >= 15 is 0 Å². The van der Waals surface area contributed by atoms with Crippen molar-refractivity contribution in [3.8, 4) is 11.5 Å². The van der Waals surface area contributed by atoms with Gasteiger partial charge in [-0.25, -0.2) is 0 Å². The number of hydrogen-bond acceptors (Lipinski definition) is 4. The molecule has 3 saturated heterocycles. The first-order chi connectivity index (χ1) is 10.6. The fourth-order valence-corrected chi connectivity index (χ4v) is 4.47. The molecule has 4 nitrogen and oxygen atoms in total. The van der Waals surface area contributed by atoms with Crippen molar-refractivity contribution < 1.29 is 14.6 Å². The number of nitrogens with zero attached hydrogens (tertiary/aromatic N) is 1. The van der Waals surface area contributed by atoms with Crippen LogP contribution in [-0.2, 0) is 6.42 Å². The molecule has 0 amide bonds. The van der Waals surface area contributed by atoms with Gasteiger partial charge in [-0.05, 0) is 78.8 Å². The summed E-state index contributed by atoms with van der Waals surface area (Å²) < 4.78 is 12.0. The highest BCUT2D eigenvalue weighted by Crippen LogP contribution is 2.39. The minimum Gasteiger partial charge on any atom is -0.492 e. The normalized spacial score (nSPS) is 30.4. The second-order valence-corrected chi connectivity index (χ2v) is 7.03. The van der Waals surface area contributed by atoms with Crippen LogP contribution in [0, 0.1) is 5.92 Å². The lowest BCUT2D eigenvalue weighted by atomic mass is 9.78. The summed E-state index contributed by atoms with van der Waals surface area (Å²) in [5.74, 6) is 1.97. The number of hydrogen-bond donors (Lipinski definition) is 1. The van der Waals surface area contributed by atoms with Crippen molar-refractivity contribution in [3.05, 3.63) is 22.2 Å². The molecule has 3 heterocycles. The first-order valence-corrected chi connectivity index (χ1v) is 8.84. The average molecular weight is 370 g/mol. The molecule has 4 rings (SSSR count). The molecule has 2 unspecified atom stereocenters. The number of fused-ring (bicyclic) bond motifs is 3. The number of aliphatic hydroxyl groups excluding tert-OH is 1. The minimum absolute atomic E-state index is 0.209. The minimum atomic E-state index is -0.209. The number of halogens is 1. The maximum atomic E-state index is 10.6. The molecule has 0 saturated carbocycles. The summed E-state index contributed by atoms with van der Waals surface area (Å²) in [5, 5.41) is 10.6. The van der Waals surface area contributed by atoms with Crippen LogP contribution in [0.15, 0.2) is 16.6 Å². The van der Waals surface area contributed by atoms with Gasteiger partial charge >= 0.3 is 0 Å². The molecule has 22 heavy (non-hydrogen) atoms. The summed E-state index contributed by atoms with van der Waals surface area (Å²) in [7, 11) is 1.65. The summed E-state index contributed by atoms with van der Waals surface area (Å²) >= 11 is 3.57. The zero-order valence-electron chi connectivity index (χ0n) is 13.2. The first kappa shape index (κ1) is 16.1. The molecular weight excluding hydrogens is 346 g/mol. The third kappa shape index (κ3) is 2.99. The van der Waals surface area contributed by atoms with E-state index in [1.165, 1.54) is 5.56 Å². The third-order valence-corrected chi connectivity index (χ3v) is 5.53. The van der Waals surface area contributed by atoms with Crippen LogP contribution in [0.4, 0.5) is 0 Å². The highest BCUT2D eigenvalue weighted by Gasteiger charge is 2.41. The van der Waals surface area contributed by atoms with Crippen LogP contribution >= 0.6 is 15.9 Å². The SMILES string of the molecule is CCOc1cc(CC2C(O)C3CCN2CC3)cc(Br)c1OC. The van der Waals surface area contributed by atoms with E-state index in [9.17, 15) is 5.11 Å². The van der Waals surface area contributed by atoms with Gasteiger partial charge in [0.05, 0.1) is 24.3 Å². The smallest absolute Gasteiger partial charge is 0.174 e. The Balaban J connectivity index is 1.83. The monoisotopic (exact) mass is 369 g/mol. The molecule has 122 valence electrons. The van der Waals surface area contributed by atoms with Crippen LogP contribution in [0.25, 0.3) is 0 Å². The molecule has 3 aliphatic rings. The van der Waals surface area contributed by atoms with Gasteiger partial charge in [-0.2, -0.15) is 0 Å². The van der Waals surface area contributed by atoms with Gasteiger partial charge in [-0.3, -0.25) is 4.90 Å². The maximum absolute atomic E-state index is 10.6. The molecule has 5 heteroatoms. The maximum Gasteiger partial charge on any atom is 0.174 e. The van der Waals surface area contributed by atoms with Crippen LogP contribution in [0.5, 0.6) is 11.5 Å². The van der Waals surface area contributed by atoms with Gasteiger partial charge < -0.3 is 14.6 Å². The van der Waals surface area contributed by atoms with E-state index in [0.717, 1.165) is 48.3 Å². The second-order valence-electron chi connectivity index (χ2n) is 6.18. The lowest BCUT2D eigenvalue weighted by Crippen LogP contribution is -2.58. The molecule has 2 atom stereocenters. The zero-order valence-corrected chi connectivity index (χ0v) is 14.8. The number of aliphatic hydroxyl groups is 1. The number of piperidine rings is 3. The van der Waals surface area contributed by atoms with Crippen molar-refractivity contribution in [3.63, 3.8) is 0 Å². The van der Waals surface area contributed by atoms with Gasteiger partial charge in [0.25, 0.3) is 0 Å². The lowest BCUT2D eigenvalue weighted by molar-refractivity contribution is -0.0715. The largest absolute Gasteiger partial charge is 0.492 e. The van der Waals surface area contributed by atoms with Gasteiger partial charge in [-0.1, -0.05) is 0 Å². The van der Waals surface area contributed by atoms with Crippen molar-refractivity contribution in [2.75, 3.05) is 26.8 Å². The molecular formula is C17H24BrNO3. The Kier molecular flexibility index (Phi) is 4.95. The van der Waals surface area contributed by atoms with E-state index in [4.69, 9.17) is 9.47 Å². The van der Waals surface area contributed by atoms with Crippen LogP contribution in [0.2, 0.25) is 0 Å². The van der Waals surface area contributed by atoms with Gasteiger partial charge in [-0.15, -0.1) is 0 Å². The predicted molar refractivity (Wildman–Crippen MR) is 89.7 cm³/mol. The number of ether oxygens (including phenoxy) is 2. The summed E-state index contributed by atoms with van der Waals surface area (Å²) in [6.45, 7) is 4.80. The fraction of sp³-hybridized carbons (Fsp3) is 0.647. The van der Waals surface area contributed by atoms with Crippen LogP contribution in [0.1, 0.15) is 25.3 Å². The Labute approximate surface area is 140 Å². The van der Waals surface area contributed by atoms with Gasteiger partial charge in [0, 0.05) is 6.04 Å². The summed E-state index contributed by atoms with van der Waals surface area (Å²) in [6, 6.07) is 4.35. The topological polar surface area (TPSA) is 41.9 Å². The Bertz CT molecular complexity index is 527.